The molecule has 0 aliphatic rings. The number of nitrogens with one attached hydrogen (secondary N) is 1. The molecule has 4 heteroatoms. The summed E-state index contributed by atoms with van der Waals surface area (Å²) < 4.78 is 2.10. The number of carbonyl (C=O) groups excluding carboxylic acids is 1. The molecular weight excluding hydrogens is 264 g/mol. The maximum atomic E-state index is 11.8. The van der Waals surface area contributed by atoms with Crippen LogP contribution in [0, 0.1) is 5.92 Å². The molecule has 0 fully saturated rings. The summed E-state index contributed by atoms with van der Waals surface area (Å²) in [7, 11) is 0. The van der Waals surface area contributed by atoms with Crippen LogP contribution in [-0.2, 0) is 11.3 Å². The van der Waals surface area contributed by atoms with Gasteiger partial charge in [0.2, 0.25) is 5.91 Å². The van der Waals surface area contributed by atoms with Gasteiger partial charge in [0.25, 0.3) is 0 Å². The van der Waals surface area contributed by atoms with Crippen molar-refractivity contribution in [1.29, 1.82) is 0 Å². The number of aliphatic hydroxyl groups is 1. The van der Waals surface area contributed by atoms with Gasteiger partial charge in [0.15, 0.2) is 0 Å². The molecule has 0 bridgehead atoms. The summed E-state index contributed by atoms with van der Waals surface area (Å²) in [6.45, 7) is 5.16. The summed E-state index contributed by atoms with van der Waals surface area (Å²) in [6, 6.07) is 10.2. The van der Waals surface area contributed by atoms with Crippen LogP contribution >= 0.6 is 0 Å². The van der Waals surface area contributed by atoms with Crippen molar-refractivity contribution in [3.63, 3.8) is 0 Å². The number of rotatable bonds is 7. The SMILES string of the molecule is CC(C)C(O)CCNC(=O)CCn1ccc2ccccc21. The van der Waals surface area contributed by atoms with Gasteiger partial charge in [0.1, 0.15) is 0 Å². The largest absolute Gasteiger partial charge is 0.393 e. The molecule has 0 saturated heterocycles. The number of hydrogen-bond acceptors (Lipinski definition) is 2. The maximum Gasteiger partial charge on any atom is 0.221 e. The van der Waals surface area contributed by atoms with Gasteiger partial charge in [-0.25, -0.2) is 0 Å². The van der Waals surface area contributed by atoms with Gasteiger partial charge in [0.05, 0.1) is 6.10 Å². The lowest BCUT2D eigenvalue weighted by molar-refractivity contribution is -0.121. The molecule has 114 valence electrons. The molecule has 1 heterocycles. The first-order valence-corrected chi connectivity index (χ1v) is 7.56. The first kappa shape index (κ1) is 15.6. The summed E-state index contributed by atoms with van der Waals surface area (Å²) in [5, 5.41) is 13.7. The van der Waals surface area contributed by atoms with E-state index < -0.39 is 0 Å². The lowest BCUT2D eigenvalue weighted by Crippen LogP contribution is -2.29. The standard InChI is InChI=1S/C17H24N2O2/c1-13(2)16(20)7-10-18-17(21)9-12-19-11-8-14-5-3-4-6-15(14)19/h3-6,8,11,13,16,20H,7,9-10,12H2,1-2H3,(H,18,21). The number of hydrogen-bond donors (Lipinski definition) is 2. The molecule has 1 aromatic heterocycles. The predicted molar refractivity (Wildman–Crippen MR) is 85.0 cm³/mol. The maximum absolute atomic E-state index is 11.8. The van der Waals surface area contributed by atoms with Gasteiger partial charge in [-0.15, -0.1) is 0 Å². The second-order valence-corrected chi connectivity index (χ2v) is 5.77. The fraction of sp³-hybridized carbons (Fsp3) is 0.471. The zero-order valence-corrected chi connectivity index (χ0v) is 12.7. The Morgan fingerprint density at radius 3 is 2.81 bits per heavy atom. The second kappa shape index (κ2) is 7.27. The summed E-state index contributed by atoms with van der Waals surface area (Å²) in [5.74, 6) is 0.261. The number of para-hydroxylation sites is 1. The summed E-state index contributed by atoms with van der Waals surface area (Å²) in [4.78, 5) is 11.8. The molecule has 0 aliphatic carbocycles. The number of aliphatic hydroxyl groups excluding tert-OH is 1. The van der Waals surface area contributed by atoms with Crippen LogP contribution in [0.3, 0.4) is 0 Å². The number of carbonyl (C=O) groups is 1. The number of aromatic nitrogens is 1. The fourth-order valence-corrected chi connectivity index (χ4v) is 2.34. The molecule has 1 unspecified atom stereocenters. The Hall–Kier alpha value is -1.81. The van der Waals surface area contributed by atoms with Crippen LogP contribution in [0.15, 0.2) is 36.5 Å². The third kappa shape index (κ3) is 4.33. The van der Waals surface area contributed by atoms with E-state index in [1.807, 2.05) is 32.2 Å². The Morgan fingerprint density at radius 1 is 1.29 bits per heavy atom. The summed E-state index contributed by atoms with van der Waals surface area (Å²) in [6.07, 6.45) is 2.73. The number of fused-ring (bicyclic) bond motifs is 1. The van der Waals surface area contributed by atoms with Gasteiger partial charge >= 0.3 is 0 Å². The monoisotopic (exact) mass is 288 g/mol. The van der Waals surface area contributed by atoms with Gasteiger partial charge in [-0.3, -0.25) is 4.79 Å². The van der Waals surface area contributed by atoms with Crippen molar-refractivity contribution in [3.05, 3.63) is 36.5 Å². The zero-order valence-electron chi connectivity index (χ0n) is 12.7. The van der Waals surface area contributed by atoms with E-state index in [9.17, 15) is 9.90 Å². The molecule has 0 radical (unpaired) electrons. The topological polar surface area (TPSA) is 54.3 Å². The van der Waals surface area contributed by atoms with E-state index in [1.165, 1.54) is 5.39 Å². The van der Waals surface area contributed by atoms with Crippen LogP contribution < -0.4 is 5.32 Å². The molecule has 1 atom stereocenters. The lowest BCUT2D eigenvalue weighted by Gasteiger charge is -2.14. The first-order chi connectivity index (χ1) is 10.1. The third-order valence-corrected chi connectivity index (χ3v) is 3.79. The third-order valence-electron chi connectivity index (χ3n) is 3.79. The van der Waals surface area contributed by atoms with Crippen molar-refractivity contribution < 1.29 is 9.90 Å². The van der Waals surface area contributed by atoms with Crippen LogP contribution in [0.2, 0.25) is 0 Å². The summed E-state index contributed by atoms with van der Waals surface area (Å²) >= 11 is 0. The molecule has 0 aliphatic heterocycles. The predicted octanol–water partition coefficient (Wildman–Crippen LogP) is 2.55. The molecule has 1 amide bonds. The number of benzene rings is 1. The van der Waals surface area contributed by atoms with E-state index in [4.69, 9.17) is 0 Å². The van der Waals surface area contributed by atoms with E-state index >= 15 is 0 Å². The van der Waals surface area contributed by atoms with Crippen molar-refractivity contribution in [1.82, 2.24) is 9.88 Å². The molecule has 21 heavy (non-hydrogen) atoms. The molecule has 2 aromatic rings. The average Bonchev–Trinajstić information content (AvgIpc) is 2.88. The van der Waals surface area contributed by atoms with E-state index in [0.29, 0.717) is 25.9 Å². The Kier molecular flexibility index (Phi) is 5.39. The van der Waals surface area contributed by atoms with E-state index in [-0.39, 0.29) is 17.9 Å². The highest BCUT2D eigenvalue weighted by Crippen LogP contribution is 2.15. The number of amides is 1. The van der Waals surface area contributed by atoms with Crippen LogP contribution in [0.5, 0.6) is 0 Å². The van der Waals surface area contributed by atoms with Crippen molar-refractivity contribution in [3.8, 4) is 0 Å². The van der Waals surface area contributed by atoms with E-state index in [1.54, 1.807) is 0 Å². The average molecular weight is 288 g/mol. The van der Waals surface area contributed by atoms with Gasteiger partial charge in [-0.1, -0.05) is 32.0 Å². The Balaban J connectivity index is 1.76. The van der Waals surface area contributed by atoms with Gasteiger partial charge in [0, 0.05) is 31.2 Å². The van der Waals surface area contributed by atoms with Crippen molar-refractivity contribution in [2.45, 2.75) is 39.3 Å². The number of nitrogens with zero attached hydrogens (tertiary/aromatic N) is 1. The lowest BCUT2D eigenvalue weighted by atomic mass is 10.0. The van der Waals surface area contributed by atoms with Crippen molar-refractivity contribution in [2.75, 3.05) is 6.54 Å². The smallest absolute Gasteiger partial charge is 0.221 e. The minimum atomic E-state index is -0.348. The normalized spacial score (nSPS) is 12.8. The molecule has 2 N–H and O–H groups in total. The molecule has 2 rings (SSSR count). The molecule has 0 saturated carbocycles. The minimum Gasteiger partial charge on any atom is -0.393 e. The van der Waals surface area contributed by atoms with E-state index in [2.05, 4.69) is 28.1 Å². The summed E-state index contributed by atoms with van der Waals surface area (Å²) in [5.41, 5.74) is 1.15. The van der Waals surface area contributed by atoms with Gasteiger partial charge in [-0.05, 0) is 29.9 Å². The van der Waals surface area contributed by atoms with Crippen LogP contribution in [0.25, 0.3) is 10.9 Å². The Bertz CT molecular complexity index is 589. The van der Waals surface area contributed by atoms with Crippen LogP contribution in [-0.4, -0.2) is 28.2 Å². The Labute approximate surface area is 125 Å². The quantitative estimate of drug-likeness (QED) is 0.822. The molecule has 4 nitrogen and oxygen atoms in total. The number of aryl methyl sites for hydroxylation is 1. The highest BCUT2D eigenvalue weighted by Gasteiger charge is 2.09. The molecular formula is C17H24N2O2. The second-order valence-electron chi connectivity index (χ2n) is 5.77. The van der Waals surface area contributed by atoms with Crippen LogP contribution in [0.1, 0.15) is 26.7 Å². The van der Waals surface area contributed by atoms with Gasteiger partial charge < -0.3 is 15.0 Å². The van der Waals surface area contributed by atoms with Crippen LogP contribution in [0.4, 0.5) is 0 Å². The first-order valence-electron chi connectivity index (χ1n) is 7.56. The van der Waals surface area contributed by atoms with E-state index in [0.717, 1.165) is 5.52 Å². The Morgan fingerprint density at radius 2 is 2.05 bits per heavy atom. The fourth-order valence-electron chi connectivity index (χ4n) is 2.34. The molecule has 1 aromatic carbocycles. The zero-order chi connectivity index (χ0) is 15.2. The minimum absolute atomic E-state index is 0.0312. The van der Waals surface area contributed by atoms with Crippen molar-refractivity contribution in [2.24, 2.45) is 5.92 Å². The van der Waals surface area contributed by atoms with Crippen molar-refractivity contribution >= 4 is 16.8 Å². The molecule has 0 spiro atoms. The highest BCUT2D eigenvalue weighted by molar-refractivity contribution is 5.80. The van der Waals surface area contributed by atoms with Gasteiger partial charge in [-0.2, -0.15) is 0 Å². The highest BCUT2D eigenvalue weighted by atomic mass is 16.3.